The van der Waals surface area contributed by atoms with E-state index in [2.05, 4.69) is 33.5 Å². The van der Waals surface area contributed by atoms with Crippen molar-refractivity contribution in [1.82, 2.24) is 19.7 Å². The molecule has 0 bridgehead atoms. The van der Waals surface area contributed by atoms with Crippen LogP contribution in [0.1, 0.15) is 41.4 Å². The standard InChI is InChI=1S/C21H27N5O2S2/c1-7-26-18(11-28-17-9-8-12(2)10-13(17)3)24-25-21(26)30-16(6)19(27)23-20-22-14(4)15(5)29-20/h8-10,16H,7,11H2,1-6H3,(H,22,23,27). The lowest BCUT2D eigenvalue weighted by atomic mass is 10.1. The average molecular weight is 446 g/mol. The van der Waals surface area contributed by atoms with Gasteiger partial charge >= 0.3 is 0 Å². The first-order chi connectivity index (χ1) is 14.3. The molecule has 0 radical (unpaired) electrons. The maximum absolute atomic E-state index is 12.6. The number of carbonyl (C=O) groups excluding carboxylic acids is 1. The quantitative estimate of drug-likeness (QED) is 0.507. The molecule has 0 aliphatic carbocycles. The molecule has 1 atom stereocenters. The Kier molecular flexibility index (Phi) is 7.14. The van der Waals surface area contributed by atoms with Gasteiger partial charge in [-0.05, 0) is 53.2 Å². The molecule has 0 aliphatic heterocycles. The summed E-state index contributed by atoms with van der Waals surface area (Å²) >= 11 is 2.86. The Morgan fingerprint density at radius 2 is 2.03 bits per heavy atom. The normalized spacial score (nSPS) is 12.1. The van der Waals surface area contributed by atoms with Crippen molar-refractivity contribution < 1.29 is 9.53 Å². The fourth-order valence-electron chi connectivity index (χ4n) is 2.88. The van der Waals surface area contributed by atoms with Crippen LogP contribution < -0.4 is 10.1 Å². The number of amides is 1. The molecule has 160 valence electrons. The minimum Gasteiger partial charge on any atom is -0.485 e. The largest absolute Gasteiger partial charge is 0.485 e. The van der Waals surface area contributed by atoms with Crippen LogP contribution in [0.25, 0.3) is 0 Å². The Labute approximate surface area is 185 Å². The molecular formula is C21H27N5O2S2. The highest BCUT2D eigenvalue weighted by atomic mass is 32.2. The minimum atomic E-state index is -0.336. The lowest BCUT2D eigenvalue weighted by molar-refractivity contribution is -0.115. The van der Waals surface area contributed by atoms with Crippen LogP contribution in [0.3, 0.4) is 0 Å². The Balaban J connectivity index is 1.64. The number of hydrogen-bond donors (Lipinski definition) is 1. The van der Waals surface area contributed by atoms with Crippen molar-refractivity contribution in [3.8, 4) is 5.75 Å². The number of nitrogens with one attached hydrogen (secondary N) is 1. The number of carbonyl (C=O) groups is 1. The molecule has 0 saturated carbocycles. The maximum Gasteiger partial charge on any atom is 0.239 e. The molecule has 0 aliphatic rings. The van der Waals surface area contributed by atoms with Gasteiger partial charge in [0.2, 0.25) is 5.91 Å². The number of anilines is 1. The number of ether oxygens (including phenoxy) is 1. The van der Waals surface area contributed by atoms with Crippen LogP contribution in [-0.2, 0) is 17.9 Å². The second-order valence-electron chi connectivity index (χ2n) is 7.11. The van der Waals surface area contributed by atoms with E-state index in [1.807, 2.05) is 51.3 Å². The summed E-state index contributed by atoms with van der Waals surface area (Å²) in [5, 5.41) is 12.5. The van der Waals surface area contributed by atoms with E-state index in [0.29, 0.717) is 23.4 Å². The Hall–Kier alpha value is -2.39. The lowest BCUT2D eigenvalue weighted by Crippen LogP contribution is -2.23. The van der Waals surface area contributed by atoms with Gasteiger partial charge in [0.05, 0.1) is 10.9 Å². The van der Waals surface area contributed by atoms with Gasteiger partial charge in [0, 0.05) is 11.4 Å². The molecule has 30 heavy (non-hydrogen) atoms. The fraction of sp³-hybridized carbons (Fsp3) is 0.429. The van der Waals surface area contributed by atoms with E-state index in [0.717, 1.165) is 27.7 Å². The summed E-state index contributed by atoms with van der Waals surface area (Å²) in [4.78, 5) is 18.0. The predicted molar refractivity (Wildman–Crippen MR) is 121 cm³/mol. The molecule has 1 unspecified atom stereocenters. The van der Waals surface area contributed by atoms with E-state index in [1.54, 1.807) is 0 Å². The highest BCUT2D eigenvalue weighted by Gasteiger charge is 2.21. The van der Waals surface area contributed by atoms with E-state index in [9.17, 15) is 4.79 Å². The topological polar surface area (TPSA) is 81.9 Å². The number of hydrogen-bond acceptors (Lipinski definition) is 7. The molecule has 9 heteroatoms. The molecule has 0 fully saturated rings. The predicted octanol–water partition coefficient (Wildman–Crippen LogP) is 4.69. The molecule has 1 N–H and O–H groups in total. The number of aromatic nitrogens is 4. The third-order valence-corrected chi connectivity index (χ3v) is 6.78. The SMILES string of the molecule is CCn1c(COc2ccc(C)cc2C)nnc1SC(C)C(=O)Nc1nc(C)c(C)s1. The van der Waals surface area contributed by atoms with Crippen LogP contribution in [0.4, 0.5) is 5.13 Å². The number of thiazole rings is 1. The molecule has 0 saturated heterocycles. The van der Waals surface area contributed by atoms with E-state index in [1.165, 1.54) is 28.7 Å². The molecule has 2 aromatic heterocycles. The zero-order chi connectivity index (χ0) is 21.8. The molecule has 3 rings (SSSR count). The first-order valence-electron chi connectivity index (χ1n) is 9.82. The number of nitrogens with zero attached hydrogens (tertiary/aromatic N) is 4. The van der Waals surface area contributed by atoms with Gasteiger partial charge in [-0.15, -0.1) is 21.5 Å². The molecular weight excluding hydrogens is 418 g/mol. The van der Waals surface area contributed by atoms with Gasteiger partial charge in [-0.3, -0.25) is 4.79 Å². The number of benzene rings is 1. The highest BCUT2D eigenvalue weighted by Crippen LogP contribution is 2.26. The minimum absolute atomic E-state index is 0.104. The van der Waals surface area contributed by atoms with E-state index >= 15 is 0 Å². The van der Waals surface area contributed by atoms with Crippen LogP contribution in [0, 0.1) is 27.7 Å². The molecule has 2 heterocycles. The third-order valence-electron chi connectivity index (χ3n) is 4.71. The van der Waals surface area contributed by atoms with Crippen molar-refractivity contribution >= 4 is 34.1 Å². The Morgan fingerprint density at radius 1 is 1.27 bits per heavy atom. The van der Waals surface area contributed by atoms with Gasteiger partial charge in [0.15, 0.2) is 16.1 Å². The average Bonchev–Trinajstić information content (AvgIpc) is 3.22. The summed E-state index contributed by atoms with van der Waals surface area (Å²) in [6.07, 6.45) is 0. The van der Waals surface area contributed by atoms with Gasteiger partial charge in [0.25, 0.3) is 0 Å². The summed E-state index contributed by atoms with van der Waals surface area (Å²) in [6, 6.07) is 6.09. The Morgan fingerprint density at radius 3 is 2.67 bits per heavy atom. The van der Waals surface area contributed by atoms with Crippen molar-refractivity contribution in [2.75, 3.05) is 5.32 Å². The van der Waals surface area contributed by atoms with Crippen molar-refractivity contribution in [2.45, 2.75) is 65.1 Å². The van der Waals surface area contributed by atoms with E-state index in [4.69, 9.17) is 4.74 Å². The summed E-state index contributed by atoms with van der Waals surface area (Å²) in [6.45, 7) is 12.9. The first-order valence-corrected chi connectivity index (χ1v) is 11.5. The number of thioether (sulfide) groups is 1. The second-order valence-corrected chi connectivity index (χ2v) is 9.62. The maximum atomic E-state index is 12.6. The van der Waals surface area contributed by atoms with E-state index < -0.39 is 0 Å². The lowest BCUT2D eigenvalue weighted by Gasteiger charge is -2.13. The van der Waals surface area contributed by atoms with Gasteiger partial charge in [-0.1, -0.05) is 29.5 Å². The first kappa shape index (κ1) is 22.3. The highest BCUT2D eigenvalue weighted by molar-refractivity contribution is 8.00. The zero-order valence-corrected chi connectivity index (χ0v) is 19.8. The number of aryl methyl sites for hydroxylation is 4. The third kappa shape index (κ3) is 5.20. The monoisotopic (exact) mass is 445 g/mol. The second kappa shape index (κ2) is 9.61. The van der Waals surface area contributed by atoms with Crippen molar-refractivity contribution in [3.05, 3.63) is 45.7 Å². The molecule has 1 amide bonds. The molecule has 1 aromatic carbocycles. The van der Waals surface area contributed by atoms with E-state index in [-0.39, 0.29) is 11.2 Å². The Bertz CT molecular complexity index is 1020. The molecule has 7 nitrogen and oxygen atoms in total. The van der Waals surface area contributed by atoms with Crippen LogP contribution in [0.2, 0.25) is 0 Å². The zero-order valence-electron chi connectivity index (χ0n) is 18.1. The van der Waals surface area contributed by atoms with Crippen molar-refractivity contribution in [1.29, 1.82) is 0 Å². The van der Waals surface area contributed by atoms with Gasteiger partial charge in [-0.25, -0.2) is 4.98 Å². The van der Waals surface area contributed by atoms with Gasteiger partial charge in [-0.2, -0.15) is 0 Å². The fourth-order valence-corrected chi connectivity index (χ4v) is 4.63. The summed E-state index contributed by atoms with van der Waals surface area (Å²) in [5.74, 6) is 1.47. The van der Waals surface area contributed by atoms with Crippen molar-refractivity contribution in [3.63, 3.8) is 0 Å². The summed E-state index contributed by atoms with van der Waals surface area (Å²) in [5.41, 5.74) is 3.23. The number of rotatable bonds is 8. The molecule has 0 spiro atoms. The van der Waals surface area contributed by atoms with Crippen LogP contribution >= 0.6 is 23.1 Å². The summed E-state index contributed by atoms with van der Waals surface area (Å²) < 4.78 is 7.94. The van der Waals surface area contributed by atoms with Crippen LogP contribution in [0.15, 0.2) is 23.4 Å². The van der Waals surface area contributed by atoms with Crippen LogP contribution in [0.5, 0.6) is 5.75 Å². The molecule has 3 aromatic rings. The van der Waals surface area contributed by atoms with Gasteiger partial charge < -0.3 is 14.6 Å². The smallest absolute Gasteiger partial charge is 0.239 e. The van der Waals surface area contributed by atoms with Gasteiger partial charge in [0.1, 0.15) is 12.4 Å². The summed E-state index contributed by atoms with van der Waals surface area (Å²) in [7, 11) is 0. The van der Waals surface area contributed by atoms with Crippen LogP contribution in [-0.4, -0.2) is 30.9 Å². The van der Waals surface area contributed by atoms with Crippen molar-refractivity contribution in [2.24, 2.45) is 0 Å².